The van der Waals surface area contributed by atoms with E-state index in [4.69, 9.17) is 4.74 Å². The van der Waals surface area contributed by atoms with Gasteiger partial charge in [0.1, 0.15) is 5.60 Å². The summed E-state index contributed by atoms with van der Waals surface area (Å²) in [6.07, 6.45) is 1.55. The zero-order chi connectivity index (χ0) is 23.2. The highest BCUT2D eigenvalue weighted by Crippen LogP contribution is 2.24. The number of likely N-dealkylation sites (tertiary alicyclic amines) is 1. The Labute approximate surface area is 188 Å². The van der Waals surface area contributed by atoms with Gasteiger partial charge in [0.25, 0.3) is 5.69 Å². The molecular formula is C22H33N3O5S. The number of benzene rings is 1. The van der Waals surface area contributed by atoms with E-state index in [-0.39, 0.29) is 35.4 Å². The van der Waals surface area contributed by atoms with Crippen LogP contribution >= 0.6 is 11.8 Å². The van der Waals surface area contributed by atoms with E-state index in [1.165, 1.54) is 23.9 Å². The predicted molar refractivity (Wildman–Crippen MR) is 121 cm³/mol. The van der Waals surface area contributed by atoms with Gasteiger partial charge in [0.2, 0.25) is 5.91 Å². The molecule has 0 aliphatic carbocycles. The summed E-state index contributed by atoms with van der Waals surface area (Å²) in [5, 5.41) is 10.7. The zero-order valence-electron chi connectivity index (χ0n) is 19.0. The molecule has 0 radical (unpaired) electrons. The molecule has 1 aliphatic heterocycles. The highest BCUT2D eigenvalue weighted by atomic mass is 32.2. The maximum Gasteiger partial charge on any atom is 0.410 e. The van der Waals surface area contributed by atoms with Crippen molar-refractivity contribution in [3.63, 3.8) is 0 Å². The first-order valence-electron chi connectivity index (χ1n) is 10.6. The minimum atomic E-state index is -0.548. The lowest BCUT2D eigenvalue weighted by Gasteiger charge is -2.37. The Morgan fingerprint density at radius 3 is 2.48 bits per heavy atom. The second kappa shape index (κ2) is 10.8. The molecule has 1 fully saturated rings. The van der Waals surface area contributed by atoms with Crippen LogP contribution in [0.5, 0.6) is 0 Å². The number of amides is 2. The van der Waals surface area contributed by atoms with Crippen LogP contribution in [-0.2, 0) is 9.53 Å². The summed E-state index contributed by atoms with van der Waals surface area (Å²) in [4.78, 5) is 40.1. The number of piperidine rings is 1. The van der Waals surface area contributed by atoms with Crippen molar-refractivity contribution in [2.75, 3.05) is 25.4 Å². The molecule has 8 nitrogen and oxygen atoms in total. The van der Waals surface area contributed by atoms with Gasteiger partial charge in [-0.3, -0.25) is 14.9 Å². The lowest BCUT2D eigenvalue weighted by Crippen LogP contribution is -2.48. The van der Waals surface area contributed by atoms with Crippen LogP contribution in [0.25, 0.3) is 0 Å². The van der Waals surface area contributed by atoms with Gasteiger partial charge in [0.05, 0.1) is 10.7 Å². The summed E-state index contributed by atoms with van der Waals surface area (Å²) in [5.74, 6) is 0.531. The number of hydrogen-bond acceptors (Lipinski definition) is 6. The van der Waals surface area contributed by atoms with E-state index in [1.807, 2.05) is 39.5 Å². The van der Waals surface area contributed by atoms with E-state index in [0.29, 0.717) is 19.6 Å². The minimum Gasteiger partial charge on any atom is -0.444 e. The van der Waals surface area contributed by atoms with Crippen LogP contribution in [0, 0.1) is 16.0 Å². The Morgan fingerprint density at radius 1 is 1.29 bits per heavy atom. The van der Waals surface area contributed by atoms with E-state index in [9.17, 15) is 19.7 Å². The molecule has 172 valence electrons. The molecule has 2 amide bonds. The number of hydrogen-bond donors (Lipinski definition) is 0. The molecule has 0 aromatic heterocycles. The summed E-state index contributed by atoms with van der Waals surface area (Å²) in [7, 11) is 0. The molecule has 1 saturated heterocycles. The van der Waals surface area contributed by atoms with Crippen molar-refractivity contribution < 1.29 is 19.2 Å². The minimum absolute atomic E-state index is 0.0126. The smallest absolute Gasteiger partial charge is 0.410 e. The van der Waals surface area contributed by atoms with Crippen molar-refractivity contribution in [1.82, 2.24) is 9.80 Å². The topological polar surface area (TPSA) is 93.0 Å². The molecule has 1 aromatic rings. The third-order valence-electron chi connectivity index (χ3n) is 4.99. The molecule has 1 unspecified atom stereocenters. The number of ether oxygens (including phenoxy) is 1. The Hall–Kier alpha value is -2.29. The summed E-state index contributed by atoms with van der Waals surface area (Å²) in [6, 6.07) is 6.23. The first-order chi connectivity index (χ1) is 14.5. The summed E-state index contributed by atoms with van der Waals surface area (Å²) in [6.45, 7) is 11.4. The van der Waals surface area contributed by atoms with Gasteiger partial charge < -0.3 is 14.5 Å². The molecule has 31 heavy (non-hydrogen) atoms. The lowest BCUT2D eigenvalue weighted by molar-refractivity contribution is -0.384. The molecule has 0 spiro atoms. The number of nitro groups is 1. The standard InChI is InChI=1S/C22H33N3O5S/c1-16(2)24(21(27)30-22(3,4)5)14-17-7-6-12-23(13-17)20(26)15-31-19-10-8-18(9-11-19)25(28)29/h8-11,16-17H,6-7,12-15H2,1-5H3. The zero-order valence-corrected chi connectivity index (χ0v) is 19.8. The average molecular weight is 452 g/mol. The number of carbonyl (C=O) groups is 2. The highest BCUT2D eigenvalue weighted by molar-refractivity contribution is 8.00. The first-order valence-corrected chi connectivity index (χ1v) is 11.6. The number of nitro benzene ring substituents is 1. The number of nitrogens with zero attached hydrogens (tertiary/aromatic N) is 3. The Morgan fingerprint density at radius 2 is 1.94 bits per heavy atom. The Balaban J connectivity index is 1.90. The fourth-order valence-electron chi connectivity index (χ4n) is 3.44. The molecule has 1 atom stereocenters. The number of rotatable bonds is 7. The SMILES string of the molecule is CC(C)N(CC1CCCN(C(=O)CSc2ccc([N+](=O)[O-])cc2)C1)C(=O)OC(C)(C)C. The van der Waals surface area contributed by atoms with Crippen molar-refractivity contribution in [2.45, 2.75) is 64.0 Å². The summed E-state index contributed by atoms with van der Waals surface area (Å²) in [5.41, 5.74) is -0.511. The van der Waals surface area contributed by atoms with E-state index < -0.39 is 10.5 Å². The summed E-state index contributed by atoms with van der Waals surface area (Å²) >= 11 is 1.38. The van der Waals surface area contributed by atoms with Crippen molar-refractivity contribution in [3.8, 4) is 0 Å². The number of non-ortho nitro benzene ring substituents is 1. The van der Waals surface area contributed by atoms with Crippen LogP contribution in [0.3, 0.4) is 0 Å². The maximum atomic E-state index is 12.7. The van der Waals surface area contributed by atoms with E-state index in [2.05, 4.69) is 0 Å². The van der Waals surface area contributed by atoms with Crippen molar-refractivity contribution in [2.24, 2.45) is 5.92 Å². The molecule has 0 saturated carbocycles. The third-order valence-corrected chi connectivity index (χ3v) is 5.98. The van der Waals surface area contributed by atoms with E-state index in [0.717, 1.165) is 17.7 Å². The Bertz CT molecular complexity index is 776. The first kappa shape index (κ1) is 25.0. The van der Waals surface area contributed by atoms with Gasteiger partial charge in [0, 0.05) is 42.7 Å². The van der Waals surface area contributed by atoms with Crippen LogP contribution in [-0.4, -0.2) is 63.8 Å². The van der Waals surface area contributed by atoms with Crippen molar-refractivity contribution >= 4 is 29.4 Å². The molecule has 0 N–H and O–H groups in total. The van der Waals surface area contributed by atoms with Gasteiger partial charge in [-0.15, -0.1) is 11.8 Å². The van der Waals surface area contributed by atoms with Crippen LogP contribution in [0.1, 0.15) is 47.5 Å². The average Bonchev–Trinajstić information content (AvgIpc) is 2.69. The van der Waals surface area contributed by atoms with Gasteiger partial charge in [-0.1, -0.05) is 0 Å². The van der Waals surface area contributed by atoms with Crippen LogP contribution in [0.2, 0.25) is 0 Å². The van der Waals surface area contributed by atoms with Crippen LogP contribution in [0.15, 0.2) is 29.2 Å². The van der Waals surface area contributed by atoms with Gasteiger partial charge in [-0.2, -0.15) is 0 Å². The Kier molecular flexibility index (Phi) is 8.73. The fraction of sp³-hybridized carbons (Fsp3) is 0.636. The number of thioether (sulfide) groups is 1. The van der Waals surface area contributed by atoms with Crippen LogP contribution in [0.4, 0.5) is 10.5 Å². The predicted octanol–water partition coefficient (Wildman–Crippen LogP) is 4.57. The number of carbonyl (C=O) groups excluding carboxylic acids is 2. The maximum absolute atomic E-state index is 12.7. The molecule has 9 heteroatoms. The monoisotopic (exact) mass is 451 g/mol. The quantitative estimate of drug-likeness (QED) is 0.342. The van der Waals surface area contributed by atoms with E-state index in [1.54, 1.807) is 17.0 Å². The second-order valence-electron chi connectivity index (χ2n) is 9.11. The van der Waals surface area contributed by atoms with Gasteiger partial charge in [-0.05, 0) is 65.5 Å². The largest absolute Gasteiger partial charge is 0.444 e. The molecule has 1 aliphatic rings. The highest BCUT2D eigenvalue weighted by Gasteiger charge is 2.30. The molecule has 0 bridgehead atoms. The second-order valence-corrected chi connectivity index (χ2v) is 10.2. The third kappa shape index (κ3) is 8.05. The van der Waals surface area contributed by atoms with Crippen molar-refractivity contribution in [3.05, 3.63) is 34.4 Å². The normalized spacial score (nSPS) is 16.8. The van der Waals surface area contributed by atoms with Crippen LogP contribution < -0.4 is 0 Å². The molecule has 2 rings (SSSR count). The fourth-order valence-corrected chi connectivity index (χ4v) is 4.24. The van der Waals surface area contributed by atoms with Crippen molar-refractivity contribution in [1.29, 1.82) is 0 Å². The van der Waals surface area contributed by atoms with Gasteiger partial charge >= 0.3 is 6.09 Å². The molecular weight excluding hydrogens is 418 g/mol. The molecule has 1 aromatic carbocycles. The lowest BCUT2D eigenvalue weighted by atomic mass is 9.97. The van der Waals surface area contributed by atoms with E-state index >= 15 is 0 Å². The molecule has 1 heterocycles. The van der Waals surface area contributed by atoms with Gasteiger partial charge in [-0.25, -0.2) is 4.79 Å². The van der Waals surface area contributed by atoms with Gasteiger partial charge in [0.15, 0.2) is 0 Å². The summed E-state index contributed by atoms with van der Waals surface area (Å²) < 4.78 is 5.55.